The van der Waals surface area contributed by atoms with Gasteiger partial charge in [0.1, 0.15) is 24.2 Å². The van der Waals surface area contributed by atoms with E-state index in [1.165, 1.54) is 0 Å². The van der Waals surface area contributed by atoms with Crippen molar-refractivity contribution in [3.63, 3.8) is 0 Å². The minimum Gasteiger partial charge on any atom is -0.486 e. The van der Waals surface area contributed by atoms with Crippen molar-refractivity contribution in [2.75, 3.05) is 13.2 Å². The first kappa shape index (κ1) is 17.0. The van der Waals surface area contributed by atoms with Crippen molar-refractivity contribution >= 4 is 5.91 Å². The molecule has 0 aromatic heterocycles. The summed E-state index contributed by atoms with van der Waals surface area (Å²) >= 11 is 0. The number of hydrogen-bond donors (Lipinski definition) is 1. The van der Waals surface area contributed by atoms with Gasteiger partial charge in [0.2, 0.25) is 0 Å². The molecule has 1 heterocycles. The Balaban J connectivity index is 1.35. The van der Waals surface area contributed by atoms with Gasteiger partial charge in [0.15, 0.2) is 11.5 Å². The fourth-order valence-electron chi connectivity index (χ4n) is 2.80. The SMILES string of the molecule is O=C(NC[C@@H]1COc2ccccc2O1)c1cccc(Oc2ccccc2)c1. The van der Waals surface area contributed by atoms with Crippen molar-refractivity contribution in [2.45, 2.75) is 6.10 Å². The first-order valence-corrected chi connectivity index (χ1v) is 8.77. The Bertz CT molecular complexity index is 926. The summed E-state index contributed by atoms with van der Waals surface area (Å²) in [6, 6.07) is 24.0. The molecule has 1 aliphatic heterocycles. The molecule has 1 atom stereocenters. The Morgan fingerprint density at radius 1 is 0.926 bits per heavy atom. The summed E-state index contributed by atoms with van der Waals surface area (Å²) in [5, 5.41) is 2.89. The molecule has 0 aliphatic carbocycles. The molecule has 5 nitrogen and oxygen atoms in total. The quantitative estimate of drug-likeness (QED) is 0.745. The Kier molecular flexibility index (Phi) is 4.92. The van der Waals surface area contributed by atoms with Crippen LogP contribution in [0.5, 0.6) is 23.0 Å². The number of ether oxygens (including phenoxy) is 3. The van der Waals surface area contributed by atoms with Crippen LogP contribution in [-0.2, 0) is 0 Å². The second-order valence-electron chi connectivity index (χ2n) is 6.15. The molecular formula is C22H19NO4. The van der Waals surface area contributed by atoms with Crippen LogP contribution in [0, 0.1) is 0 Å². The summed E-state index contributed by atoms with van der Waals surface area (Å²) in [7, 11) is 0. The molecule has 27 heavy (non-hydrogen) atoms. The van der Waals surface area contributed by atoms with Crippen LogP contribution >= 0.6 is 0 Å². The van der Waals surface area contributed by atoms with Crippen LogP contribution in [0.25, 0.3) is 0 Å². The zero-order valence-electron chi connectivity index (χ0n) is 14.6. The van der Waals surface area contributed by atoms with Crippen molar-refractivity contribution in [3.05, 3.63) is 84.4 Å². The molecule has 4 rings (SSSR count). The van der Waals surface area contributed by atoms with Gasteiger partial charge in [-0.15, -0.1) is 0 Å². The first-order chi connectivity index (χ1) is 13.3. The normalized spacial score (nSPS) is 15.0. The van der Waals surface area contributed by atoms with Gasteiger partial charge in [-0.1, -0.05) is 36.4 Å². The minimum atomic E-state index is -0.229. The van der Waals surface area contributed by atoms with Crippen LogP contribution in [0.2, 0.25) is 0 Å². The van der Waals surface area contributed by atoms with E-state index in [1.807, 2.05) is 60.7 Å². The van der Waals surface area contributed by atoms with Gasteiger partial charge in [0, 0.05) is 5.56 Å². The number of carbonyl (C=O) groups is 1. The predicted octanol–water partition coefficient (Wildman–Crippen LogP) is 4.05. The fourth-order valence-corrected chi connectivity index (χ4v) is 2.80. The highest BCUT2D eigenvalue weighted by molar-refractivity contribution is 5.94. The summed E-state index contributed by atoms with van der Waals surface area (Å²) in [4.78, 5) is 12.5. The second kappa shape index (κ2) is 7.83. The molecule has 1 amide bonds. The van der Waals surface area contributed by atoms with E-state index in [1.54, 1.807) is 18.2 Å². The molecule has 0 radical (unpaired) electrons. The summed E-state index contributed by atoms with van der Waals surface area (Å²) in [6.45, 7) is 0.755. The monoisotopic (exact) mass is 361 g/mol. The molecule has 0 saturated carbocycles. The van der Waals surface area contributed by atoms with Gasteiger partial charge in [0.05, 0.1) is 6.54 Å². The molecule has 3 aromatic rings. The number of nitrogens with one attached hydrogen (secondary N) is 1. The number of hydrogen-bond acceptors (Lipinski definition) is 4. The standard InChI is InChI=1S/C22H19NO4/c24-22(23-14-19-15-25-20-11-4-5-12-21(20)27-19)16-7-6-10-18(13-16)26-17-8-2-1-3-9-17/h1-13,19H,14-15H2,(H,23,24)/t19-/m1/s1. The zero-order chi connectivity index (χ0) is 18.5. The lowest BCUT2D eigenvalue weighted by atomic mass is 10.2. The van der Waals surface area contributed by atoms with E-state index in [0.29, 0.717) is 30.2 Å². The number of fused-ring (bicyclic) bond motifs is 1. The highest BCUT2D eigenvalue weighted by atomic mass is 16.6. The molecule has 1 N–H and O–H groups in total. The number of carbonyl (C=O) groups excluding carboxylic acids is 1. The largest absolute Gasteiger partial charge is 0.486 e. The maximum atomic E-state index is 12.5. The van der Waals surface area contributed by atoms with Crippen molar-refractivity contribution in [1.29, 1.82) is 0 Å². The number of para-hydroxylation sites is 3. The van der Waals surface area contributed by atoms with Crippen LogP contribution in [0.4, 0.5) is 0 Å². The van der Waals surface area contributed by atoms with E-state index in [4.69, 9.17) is 14.2 Å². The summed E-state index contributed by atoms with van der Waals surface area (Å²) in [5.74, 6) is 2.57. The molecule has 0 spiro atoms. The average molecular weight is 361 g/mol. The van der Waals surface area contributed by atoms with Crippen LogP contribution in [0.3, 0.4) is 0 Å². The Morgan fingerprint density at radius 3 is 2.52 bits per heavy atom. The first-order valence-electron chi connectivity index (χ1n) is 8.77. The van der Waals surface area contributed by atoms with Gasteiger partial charge in [-0.05, 0) is 42.5 Å². The molecule has 136 valence electrons. The molecule has 0 fully saturated rings. The van der Waals surface area contributed by atoms with Crippen LogP contribution in [0.15, 0.2) is 78.9 Å². The van der Waals surface area contributed by atoms with Gasteiger partial charge in [-0.3, -0.25) is 4.79 Å². The topological polar surface area (TPSA) is 56.8 Å². The second-order valence-corrected chi connectivity index (χ2v) is 6.15. The van der Waals surface area contributed by atoms with Crippen molar-refractivity contribution in [1.82, 2.24) is 5.32 Å². The van der Waals surface area contributed by atoms with E-state index in [0.717, 1.165) is 11.5 Å². The highest BCUT2D eigenvalue weighted by Gasteiger charge is 2.21. The third kappa shape index (κ3) is 4.20. The van der Waals surface area contributed by atoms with Crippen LogP contribution in [-0.4, -0.2) is 25.2 Å². The summed E-state index contributed by atoms with van der Waals surface area (Å²) in [5.41, 5.74) is 0.528. The van der Waals surface area contributed by atoms with E-state index in [-0.39, 0.29) is 12.0 Å². The number of amides is 1. The van der Waals surface area contributed by atoms with E-state index >= 15 is 0 Å². The van der Waals surface area contributed by atoms with E-state index < -0.39 is 0 Å². The van der Waals surface area contributed by atoms with Gasteiger partial charge in [0.25, 0.3) is 5.91 Å². The third-order valence-corrected chi connectivity index (χ3v) is 4.13. The van der Waals surface area contributed by atoms with Gasteiger partial charge >= 0.3 is 0 Å². The van der Waals surface area contributed by atoms with Crippen molar-refractivity contribution in [3.8, 4) is 23.0 Å². The average Bonchev–Trinajstić information content (AvgIpc) is 2.73. The molecule has 5 heteroatoms. The number of rotatable bonds is 5. The maximum absolute atomic E-state index is 12.5. The van der Waals surface area contributed by atoms with Crippen molar-refractivity contribution < 1.29 is 19.0 Å². The van der Waals surface area contributed by atoms with Crippen molar-refractivity contribution in [2.24, 2.45) is 0 Å². The van der Waals surface area contributed by atoms with Gasteiger partial charge in [-0.2, -0.15) is 0 Å². The lowest BCUT2D eigenvalue weighted by Crippen LogP contribution is -2.40. The smallest absolute Gasteiger partial charge is 0.251 e. The van der Waals surface area contributed by atoms with Gasteiger partial charge in [-0.25, -0.2) is 0 Å². The lowest BCUT2D eigenvalue weighted by Gasteiger charge is -2.26. The zero-order valence-corrected chi connectivity index (χ0v) is 14.6. The van der Waals surface area contributed by atoms with Crippen LogP contribution < -0.4 is 19.5 Å². The molecular weight excluding hydrogens is 342 g/mol. The molecule has 0 unspecified atom stereocenters. The molecule has 0 bridgehead atoms. The van der Waals surface area contributed by atoms with E-state index in [2.05, 4.69) is 5.32 Å². The Labute approximate surface area is 157 Å². The third-order valence-electron chi connectivity index (χ3n) is 4.13. The van der Waals surface area contributed by atoms with E-state index in [9.17, 15) is 4.79 Å². The fraction of sp³-hybridized carbons (Fsp3) is 0.136. The Morgan fingerprint density at radius 2 is 1.67 bits per heavy atom. The lowest BCUT2D eigenvalue weighted by molar-refractivity contribution is 0.0789. The highest BCUT2D eigenvalue weighted by Crippen LogP contribution is 2.30. The van der Waals surface area contributed by atoms with Crippen LogP contribution in [0.1, 0.15) is 10.4 Å². The molecule has 1 aliphatic rings. The number of benzene rings is 3. The minimum absolute atomic E-state index is 0.184. The molecule has 0 saturated heterocycles. The van der Waals surface area contributed by atoms with Gasteiger partial charge < -0.3 is 19.5 Å². The maximum Gasteiger partial charge on any atom is 0.251 e. The Hall–Kier alpha value is -3.47. The summed E-state index contributed by atoms with van der Waals surface area (Å²) < 4.78 is 17.3. The summed E-state index contributed by atoms with van der Waals surface area (Å²) in [6.07, 6.45) is -0.229. The molecule has 3 aromatic carbocycles. The predicted molar refractivity (Wildman–Crippen MR) is 102 cm³/mol.